The second kappa shape index (κ2) is 3.85. The topological polar surface area (TPSA) is 12.5 Å². The van der Waals surface area contributed by atoms with Gasteiger partial charge in [-0.3, -0.25) is 4.90 Å². The number of fused-ring (bicyclic) bond motifs is 2. The van der Waals surface area contributed by atoms with Crippen LogP contribution in [0.4, 0.5) is 0 Å². The third kappa shape index (κ3) is 1.39. The van der Waals surface area contributed by atoms with Crippen molar-refractivity contribution >= 4 is 0 Å². The smallest absolute Gasteiger partial charge is 0.132 e. The van der Waals surface area contributed by atoms with Gasteiger partial charge in [0.05, 0.1) is 5.54 Å². The van der Waals surface area contributed by atoms with E-state index in [4.69, 9.17) is 4.74 Å². The average molecular weight is 239 g/mol. The Labute approximate surface area is 108 Å². The van der Waals surface area contributed by atoms with E-state index in [1.807, 2.05) is 24.3 Å². The molecular weight excluding hydrogens is 222 g/mol. The van der Waals surface area contributed by atoms with E-state index in [1.165, 1.54) is 11.1 Å². The maximum absolute atomic E-state index is 6.00. The summed E-state index contributed by atoms with van der Waals surface area (Å²) in [6.07, 6.45) is 0. The Morgan fingerprint density at radius 3 is 1.72 bits per heavy atom. The van der Waals surface area contributed by atoms with Gasteiger partial charge in [0.1, 0.15) is 11.5 Å². The van der Waals surface area contributed by atoms with Crippen LogP contribution in [-0.4, -0.2) is 19.0 Å². The van der Waals surface area contributed by atoms with Crippen LogP contribution in [0.15, 0.2) is 48.5 Å². The van der Waals surface area contributed by atoms with Gasteiger partial charge in [-0.05, 0) is 33.2 Å². The van der Waals surface area contributed by atoms with E-state index in [1.54, 1.807) is 0 Å². The molecule has 92 valence electrons. The Kier molecular flexibility index (Phi) is 2.42. The summed E-state index contributed by atoms with van der Waals surface area (Å²) in [7, 11) is 4.22. The summed E-state index contributed by atoms with van der Waals surface area (Å²) in [6.45, 7) is 2.24. The van der Waals surface area contributed by atoms with Gasteiger partial charge in [-0.1, -0.05) is 36.4 Å². The number of hydrogen-bond acceptors (Lipinski definition) is 2. The Balaban J connectivity index is 2.31. The highest BCUT2D eigenvalue weighted by molar-refractivity contribution is 5.56. The van der Waals surface area contributed by atoms with E-state index in [0.717, 1.165) is 11.5 Å². The molecule has 0 spiro atoms. The van der Waals surface area contributed by atoms with Crippen molar-refractivity contribution in [1.82, 2.24) is 4.90 Å². The van der Waals surface area contributed by atoms with Gasteiger partial charge in [0.15, 0.2) is 0 Å². The van der Waals surface area contributed by atoms with E-state index >= 15 is 0 Å². The highest BCUT2D eigenvalue weighted by atomic mass is 16.5. The lowest BCUT2D eigenvalue weighted by Gasteiger charge is -2.42. The molecule has 0 aliphatic carbocycles. The minimum absolute atomic E-state index is 0.147. The molecule has 1 aliphatic heterocycles. The molecule has 0 saturated heterocycles. The Morgan fingerprint density at radius 2 is 1.28 bits per heavy atom. The largest absolute Gasteiger partial charge is 0.457 e. The van der Waals surface area contributed by atoms with Crippen LogP contribution in [-0.2, 0) is 5.54 Å². The molecular formula is C16H17NO. The first-order valence-electron chi connectivity index (χ1n) is 6.18. The van der Waals surface area contributed by atoms with Gasteiger partial charge in [0.25, 0.3) is 0 Å². The van der Waals surface area contributed by atoms with Crippen molar-refractivity contribution in [2.45, 2.75) is 12.5 Å². The van der Waals surface area contributed by atoms with E-state index < -0.39 is 0 Å². The number of rotatable bonds is 1. The Hall–Kier alpha value is -1.80. The zero-order valence-electron chi connectivity index (χ0n) is 11.0. The maximum Gasteiger partial charge on any atom is 0.132 e. The third-order valence-electron chi connectivity index (χ3n) is 3.94. The van der Waals surface area contributed by atoms with Gasteiger partial charge in [0.2, 0.25) is 0 Å². The van der Waals surface area contributed by atoms with Gasteiger partial charge >= 0.3 is 0 Å². The summed E-state index contributed by atoms with van der Waals surface area (Å²) in [5.41, 5.74) is 2.29. The molecule has 0 fully saturated rings. The molecule has 0 atom stereocenters. The second-order valence-electron chi connectivity index (χ2n) is 5.06. The minimum Gasteiger partial charge on any atom is -0.457 e. The van der Waals surface area contributed by atoms with Crippen molar-refractivity contribution in [3.05, 3.63) is 59.7 Å². The Bertz CT molecular complexity index is 544. The van der Waals surface area contributed by atoms with E-state index in [-0.39, 0.29) is 5.54 Å². The normalized spacial score (nSPS) is 15.8. The van der Waals surface area contributed by atoms with Crippen LogP contribution in [0.3, 0.4) is 0 Å². The molecule has 0 bridgehead atoms. The van der Waals surface area contributed by atoms with E-state index in [9.17, 15) is 0 Å². The van der Waals surface area contributed by atoms with Crippen molar-refractivity contribution in [2.75, 3.05) is 14.1 Å². The van der Waals surface area contributed by atoms with Crippen molar-refractivity contribution in [1.29, 1.82) is 0 Å². The number of ether oxygens (including phenoxy) is 1. The van der Waals surface area contributed by atoms with Gasteiger partial charge in [-0.25, -0.2) is 0 Å². The molecule has 1 aliphatic rings. The molecule has 2 aromatic rings. The summed E-state index contributed by atoms with van der Waals surface area (Å²) in [5.74, 6) is 1.90. The van der Waals surface area contributed by atoms with Gasteiger partial charge < -0.3 is 4.74 Å². The summed E-state index contributed by atoms with van der Waals surface area (Å²) in [5, 5.41) is 0. The number of para-hydroxylation sites is 2. The second-order valence-corrected chi connectivity index (χ2v) is 5.06. The summed E-state index contributed by atoms with van der Waals surface area (Å²) < 4.78 is 6.00. The molecule has 0 radical (unpaired) electrons. The van der Waals surface area contributed by atoms with Crippen LogP contribution >= 0.6 is 0 Å². The number of benzene rings is 2. The highest BCUT2D eigenvalue weighted by Crippen LogP contribution is 2.48. The highest BCUT2D eigenvalue weighted by Gasteiger charge is 2.39. The van der Waals surface area contributed by atoms with Gasteiger partial charge in [-0.2, -0.15) is 0 Å². The molecule has 2 nitrogen and oxygen atoms in total. The zero-order chi connectivity index (χ0) is 12.8. The number of nitrogens with zero attached hydrogens (tertiary/aromatic N) is 1. The minimum atomic E-state index is -0.147. The average Bonchev–Trinajstić information content (AvgIpc) is 2.39. The van der Waals surface area contributed by atoms with Crippen LogP contribution in [0.25, 0.3) is 0 Å². The molecule has 18 heavy (non-hydrogen) atoms. The molecule has 0 amide bonds. The lowest BCUT2D eigenvalue weighted by Crippen LogP contribution is -2.41. The number of hydrogen-bond donors (Lipinski definition) is 0. The maximum atomic E-state index is 6.00. The van der Waals surface area contributed by atoms with Gasteiger partial charge in [-0.15, -0.1) is 0 Å². The Morgan fingerprint density at radius 1 is 0.833 bits per heavy atom. The molecule has 0 aromatic heterocycles. The van der Waals surface area contributed by atoms with Crippen LogP contribution in [0.2, 0.25) is 0 Å². The van der Waals surface area contributed by atoms with Crippen LogP contribution in [0, 0.1) is 0 Å². The first-order chi connectivity index (χ1) is 8.64. The molecule has 0 unspecified atom stereocenters. The fourth-order valence-corrected chi connectivity index (χ4v) is 2.66. The van der Waals surface area contributed by atoms with Crippen molar-refractivity contribution < 1.29 is 4.74 Å². The fraction of sp³-hybridized carbons (Fsp3) is 0.250. The first kappa shape index (κ1) is 11.3. The molecule has 1 heterocycles. The molecule has 2 heteroatoms. The van der Waals surface area contributed by atoms with Crippen LogP contribution < -0.4 is 4.74 Å². The summed E-state index contributed by atoms with van der Waals surface area (Å²) in [4.78, 5) is 2.24. The summed E-state index contributed by atoms with van der Waals surface area (Å²) >= 11 is 0. The van der Waals surface area contributed by atoms with Crippen molar-refractivity contribution in [3.8, 4) is 11.5 Å². The monoisotopic (exact) mass is 239 g/mol. The van der Waals surface area contributed by atoms with Crippen LogP contribution in [0.1, 0.15) is 18.1 Å². The standard InChI is InChI=1S/C16H17NO/c1-16(17(2)3)12-8-4-6-10-14(12)18-15-11-7-5-9-13(15)16/h4-11H,1-3H3. The van der Waals surface area contributed by atoms with Gasteiger partial charge in [0, 0.05) is 11.1 Å². The first-order valence-corrected chi connectivity index (χ1v) is 6.18. The van der Waals surface area contributed by atoms with Crippen molar-refractivity contribution in [3.63, 3.8) is 0 Å². The SMILES string of the molecule is CN(C)C1(C)c2ccccc2Oc2ccccc21. The van der Waals surface area contributed by atoms with E-state index in [0.29, 0.717) is 0 Å². The summed E-state index contributed by atoms with van der Waals surface area (Å²) in [6, 6.07) is 16.5. The van der Waals surface area contributed by atoms with Crippen LogP contribution in [0.5, 0.6) is 11.5 Å². The van der Waals surface area contributed by atoms with E-state index in [2.05, 4.69) is 50.2 Å². The predicted octanol–water partition coefficient (Wildman–Crippen LogP) is 3.62. The molecule has 2 aromatic carbocycles. The third-order valence-corrected chi connectivity index (χ3v) is 3.94. The fourth-order valence-electron chi connectivity index (χ4n) is 2.66. The molecule has 0 N–H and O–H groups in total. The predicted molar refractivity (Wildman–Crippen MR) is 73.1 cm³/mol. The zero-order valence-corrected chi connectivity index (χ0v) is 11.0. The lowest BCUT2D eigenvalue weighted by atomic mass is 9.81. The lowest BCUT2D eigenvalue weighted by molar-refractivity contribution is 0.202. The molecule has 3 rings (SSSR count). The molecule has 0 saturated carbocycles. The quantitative estimate of drug-likeness (QED) is 0.753. The van der Waals surface area contributed by atoms with Crippen molar-refractivity contribution in [2.24, 2.45) is 0 Å².